The molecule has 118 valence electrons. The standard InChI is InChI=1S/C12HF9O/c13-2-1-3(14)11(8(19)4(2)15)22-12-9(20)6(17)5(16)7(18)10(12)21/h1H. The first-order valence-electron chi connectivity index (χ1n) is 5.19. The lowest BCUT2D eigenvalue weighted by molar-refractivity contribution is 0.310. The normalized spacial score (nSPS) is 11.0. The van der Waals surface area contributed by atoms with Gasteiger partial charge >= 0.3 is 0 Å². The van der Waals surface area contributed by atoms with Crippen molar-refractivity contribution in [2.24, 2.45) is 0 Å². The van der Waals surface area contributed by atoms with E-state index in [2.05, 4.69) is 4.74 Å². The van der Waals surface area contributed by atoms with Gasteiger partial charge in [0.25, 0.3) is 0 Å². The first-order valence-corrected chi connectivity index (χ1v) is 5.19. The van der Waals surface area contributed by atoms with Crippen molar-refractivity contribution in [1.29, 1.82) is 0 Å². The van der Waals surface area contributed by atoms with Crippen LogP contribution in [0.15, 0.2) is 6.07 Å². The van der Waals surface area contributed by atoms with Gasteiger partial charge in [-0.25, -0.2) is 26.3 Å². The molecule has 0 aliphatic rings. The summed E-state index contributed by atoms with van der Waals surface area (Å²) in [7, 11) is 0. The van der Waals surface area contributed by atoms with Crippen LogP contribution in [0.1, 0.15) is 0 Å². The van der Waals surface area contributed by atoms with Crippen LogP contribution in [0.4, 0.5) is 39.5 Å². The van der Waals surface area contributed by atoms with E-state index < -0.39 is 63.9 Å². The average molecular weight is 332 g/mol. The minimum absolute atomic E-state index is 0.236. The third kappa shape index (κ3) is 2.34. The van der Waals surface area contributed by atoms with Gasteiger partial charge in [-0.1, -0.05) is 0 Å². The second-order valence-electron chi connectivity index (χ2n) is 3.80. The molecule has 0 aliphatic heterocycles. The summed E-state index contributed by atoms with van der Waals surface area (Å²) in [6.07, 6.45) is 0. The molecule has 0 fully saturated rings. The van der Waals surface area contributed by atoms with Crippen LogP contribution in [0.25, 0.3) is 0 Å². The molecule has 22 heavy (non-hydrogen) atoms. The fourth-order valence-electron chi connectivity index (χ4n) is 1.42. The summed E-state index contributed by atoms with van der Waals surface area (Å²) in [6, 6.07) is -0.236. The third-order valence-corrected chi connectivity index (χ3v) is 2.45. The minimum atomic E-state index is -2.53. The molecule has 0 saturated heterocycles. The predicted molar refractivity (Wildman–Crippen MR) is 52.6 cm³/mol. The van der Waals surface area contributed by atoms with Crippen LogP contribution in [0, 0.1) is 52.4 Å². The maximum atomic E-state index is 13.3. The maximum absolute atomic E-state index is 13.3. The first kappa shape index (κ1) is 16.0. The molecule has 0 aromatic heterocycles. The summed E-state index contributed by atoms with van der Waals surface area (Å²) >= 11 is 0. The Hall–Kier alpha value is -2.39. The van der Waals surface area contributed by atoms with E-state index in [0.717, 1.165) is 0 Å². The highest BCUT2D eigenvalue weighted by Crippen LogP contribution is 2.36. The Morgan fingerprint density at radius 2 is 0.864 bits per heavy atom. The molecule has 2 rings (SSSR count). The fraction of sp³-hybridized carbons (Fsp3) is 0. The van der Waals surface area contributed by atoms with Crippen molar-refractivity contribution in [3.63, 3.8) is 0 Å². The molecule has 0 radical (unpaired) electrons. The van der Waals surface area contributed by atoms with E-state index in [1.807, 2.05) is 0 Å². The van der Waals surface area contributed by atoms with Gasteiger partial charge in [0.05, 0.1) is 0 Å². The van der Waals surface area contributed by atoms with Gasteiger partial charge in [-0.2, -0.15) is 13.2 Å². The lowest BCUT2D eigenvalue weighted by Crippen LogP contribution is -2.06. The van der Waals surface area contributed by atoms with E-state index in [1.54, 1.807) is 0 Å². The molecule has 0 unspecified atom stereocenters. The first-order chi connectivity index (χ1) is 10.2. The van der Waals surface area contributed by atoms with Gasteiger partial charge in [-0.15, -0.1) is 0 Å². The second-order valence-corrected chi connectivity index (χ2v) is 3.80. The molecule has 10 heteroatoms. The van der Waals surface area contributed by atoms with E-state index in [4.69, 9.17) is 0 Å². The van der Waals surface area contributed by atoms with Crippen LogP contribution in [-0.2, 0) is 0 Å². The van der Waals surface area contributed by atoms with E-state index in [0.29, 0.717) is 0 Å². The van der Waals surface area contributed by atoms with Gasteiger partial charge in [0.2, 0.25) is 46.4 Å². The van der Waals surface area contributed by atoms with E-state index >= 15 is 0 Å². The highest BCUT2D eigenvalue weighted by atomic mass is 19.2. The van der Waals surface area contributed by atoms with Gasteiger partial charge in [-0.05, 0) is 0 Å². The number of ether oxygens (including phenoxy) is 1. The third-order valence-electron chi connectivity index (χ3n) is 2.45. The topological polar surface area (TPSA) is 9.23 Å². The zero-order chi connectivity index (χ0) is 16.8. The summed E-state index contributed by atoms with van der Waals surface area (Å²) in [4.78, 5) is 0. The Balaban J connectivity index is 2.66. The number of rotatable bonds is 2. The summed E-state index contributed by atoms with van der Waals surface area (Å²) in [5, 5.41) is 0. The second kappa shape index (κ2) is 5.43. The van der Waals surface area contributed by atoms with Crippen molar-refractivity contribution in [3.8, 4) is 11.5 Å². The molecule has 0 heterocycles. The van der Waals surface area contributed by atoms with Crippen LogP contribution < -0.4 is 4.74 Å². The van der Waals surface area contributed by atoms with Crippen molar-refractivity contribution in [3.05, 3.63) is 58.4 Å². The van der Waals surface area contributed by atoms with Gasteiger partial charge in [0.1, 0.15) is 0 Å². The van der Waals surface area contributed by atoms with E-state index in [-0.39, 0.29) is 6.07 Å². The molecule has 0 saturated carbocycles. The zero-order valence-electron chi connectivity index (χ0n) is 9.89. The molecule has 0 N–H and O–H groups in total. The molecule has 0 bridgehead atoms. The Morgan fingerprint density at radius 1 is 0.455 bits per heavy atom. The lowest BCUT2D eigenvalue weighted by Gasteiger charge is -2.11. The van der Waals surface area contributed by atoms with E-state index in [1.165, 1.54) is 0 Å². The Labute approximate surface area is 115 Å². The van der Waals surface area contributed by atoms with Gasteiger partial charge < -0.3 is 4.74 Å². The van der Waals surface area contributed by atoms with Crippen LogP contribution in [0.5, 0.6) is 11.5 Å². The average Bonchev–Trinajstić information content (AvgIpc) is 2.48. The van der Waals surface area contributed by atoms with Crippen molar-refractivity contribution < 1.29 is 44.3 Å². The molecule has 1 nitrogen and oxygen atoms in total. The Bertz CT molecular complexity index is 743. The van der Waals surface area contributed by atoms with Gasteiger partial charge in [-0.3, -0.25) is 0 Å². The lowest BCUT2D eigenvalue weighted by atomic mass is 10.2. The highest BCUT2D eigenvalue weighted by Gasteiger charge is 2.30. The van der Waals surface area contributed by atoms with Gasteiger partial charge in [0, 0.05) is 6.07 Å². The monoisotopic (exact) mass is 332 g/mol. The highest BCUT2D eigenvalue weighted by molar-refractivity contribution is 5.37. The maximum Gasteiger partial charge on any atom is 0.207 e. The van der Waals surface area contributed by atoms with Crippen molar-refractivity contribution in [2.45, 2.75) is 0 Å². The summed E-state index contributed by atoms with van der Waals surface area (Å²) in [6.45, 7) is 0. The zero-order valence-corrected chi connectivity index (χ0v) is 9.89. The molecule has 2 aromatic carbocycles. The smallest absolute Gasteiger partial charge is 0.207 e. The molecule has 0 spiro atoms. The molecule has 0 amide bonds. The Morgan fingerprint density at radius 3 is 1.36 bits per heavy atom. The summed E-state index contributed by atoms with van der Waals surface area (Å²) in [5.74, 6) is -25.0. The van der Waals surface area contributed by atoms with E-state index in [9.17, 15) is 39.5 Å². The fourth-order valence-corrected chi connectivity index (χ4v) is 1.42. The summed E-state index contributed by atoms with van der Waals surface area (Å²) < 4.78 is 121. The largest absolute Gasteiger partial charge is 0.445 e. The molecular formula is C12HF9O. The van der Waals surface area contributed by atoms with Crippen LogP contribution in [-0.4, -0.2) is 0 Å². The quantitative estimate of drug-likeness (QED) is 0.439. The predicted octanol–water partition coefficient (Wildman–Crippen LogP) is 4.73. The van der Waals surface area contributed by atoms with Crippen LogP contribution in [0.2, 0.25) is 0 Å². The van der Waals surface area contributed by atoms with Crippen LogP contribution >= 0.6 is 0 Å². The van der Waals surface area contributed by atoms with Gasteiger partial charge in [0.15, 0.2) is 17.5 Å². The minimum Gasteiger partial charge on any atom is -0.445 e. The Kier molecular flexibility index (Phi) is 3.94. The number of hydrogen-bond donors (Lipinski definition) is 0. The van der Waals surface area contributed by atoms with Crippen LogP contribution in [0.3, 0.4) is 0 Å². The molecule has 0 atom stereocenters. The van der Waals surface area contributed by atoms with Crippen molar-refractivity contribution in [1.82, 2.24) is 0 Å². The molecule has 2 aromatic rings. The number of benzene rings is 2. The summed E-state index contributed by atoms with van der Waals surface area (Å²) in [5.41, 5.74) is 0. The van der Waals surface area contributed by atoms with Crippen molar-refractivity contribution in [2.75, 3.05) is 0 Å². The molecular weight excluding hydrogens is 331 g/mol. The molecule has 0 aliphatic carbocycles. The number of hydrogen-bond acceptors (Lipinski definition) is 1. The number of halogens is 9. The van der Waals surface area contributed by atoms with Crippen molar-refractivity contribution >= 4 is 0 Å². The SMILES string of the molecule is Fc1cc(F)c(Oc2c(F)c(F)c(F)c(F)c2F)c(F)c1F.